The average Bonchev–Trinajstić information content (AvgIpc) is 2.67. The monoisotopic (exact) mass is 194 g/mol. The first kappa shape index (κ1) is 11.1. The summed E-state index contributed by atoms with van der Waals surface area (Å²) in [5.74, 6) is 0. The summed E-state index contributed by atoms with van der Waals surface area (Å²) in [6.45, 7) is 0.233. The van der Waals surface area contributed by atoms with Crippen LogP contribution in [0.2, 0.25) is 0 Å². The van der Waals surface area contributed by atoms with E-state index >= 15 is 0 Å². The first-order chi connectivity index (χ1) is 6.40. The molecule has 0 bridgehead atoms. The zero-order chi connectivity index (χ0) is 9.10. The predicted octanol–water partition coefficient (Wildman–Crippen LogP) is 1.50. The molecule has 2 unspecified atom stereocenters. The van der Waals surface area contributed by atoms with Crippen molar-refractivity contribution in [2.75, 3.05) is 6.61 Å². The van der Waals surface area contributed by atoms with Gasteiger partial charge in [0.05, 0.1) is 6.61 Å². The molecule has 2 atom stereocenters. The Labute approximate surface area is 85.2 Å². The normalized spacial score (nSPS) is 25.8. The summed E-state index contributed by atoms with van der Waals surface area (Å²) >= 11 is 0. The third-order valence-electron chi connectivity index (χ3n) is 2.55. The summed E-state index contributed by atoms with van der Waals surface area (Å²) < 4.78 is 0. The van der Waals surface area contributed by atoms with Gasteiger partial charge in [0.25, 0.3) is 0 Å². The molecule has 78 valence electrons. The largest absolute Gasteiger partial charge is 0.395 e. The lowest BCUT2D eigenvalue weighted by molar-refractivity contribution is 0.251. The van der Waals surface area contributed by atoms with Crippen LogP contribution in [-0.4, -0.2) is 22.7 Å². The van der Waals surface area contributed by atoms with Crippen LogP contribution in [0.15, 0.2) is 24.5 Å². The SMILES string of the molecule is C.OCC1CCC(c2cccnc2)N1. The zero-order valence-electron chi connectivity index (χ0n) is 7.48. The van der Waals surface area contributed by atoms with E-state index in [2.05, 4.69) is 16.4 Å². The number of nitrogens with zero attached hydrogens (tertiary/aromatic N) is 1. The van der Waals surface area contributed by atoms with Gasteiger partial charge in [0.2, 0.25) is 0 Å². The van der Waals surface area contributed by atoms with E-state index in [4.69, 9.17) is 5.11 Å². The minimum absolute atomic E-state index is 0. The van der Waals surface area contributed by atoms with E-state index in [1.165, 1.54) is 5.56 Å². The van der Waals surface area contributed by atoms with Gasteiger partial charge in [-0.3, -0.25) is 4.98 Å². The van der Waals surface area contributed by atoms with Crippen molar-refractivity contribution in [2.45, 2.75) is 32.4 Å². The molecule has 0 aromatic carbocycles. The summed E-state index contributed by atoms with van der Waals surface area (Å²) in [6, 6.07) is 4.67. The Morgan fingerprint density at radius 2 is 2.36 bits per heavy atom. The molecule has 3 nitrogen and oxygen atoms in total. The van der Waals surface area contributed by atoms with Gasteiger partial charge in [-0.25, -0.2) is 0 Å². The number of aliphatic hydroxyl groups excluding tert-OH is 1. The second kappa shape index (κ2) is 5.08. The van der Waals surface area contributed by atoms with Gasteiger partial charge in [-0.1, -0.05) is 13.5 Å². The minimum atomic E-state index is 0. The Balaban J connectivity index is 0.000000980. The van der Waals surface area contributed by atoms with Gasteiger partial charge in [-0.2, -0.15) is 0 Å². The topological polar surface area (TPSA) is 45.2 Å². The van der Waals surface area contributed by atoms with Crippen LogP contribution >= 0.6 is 0 Å². The van der Waals surface area contributed by atoms with Gasteiger partial charge in [0.15, 0.2) is 0 Å². The van der Waals surface area contributed by atoms with E-state index in [0.717, 1.165) is 12.8 Å². The summed E-state index contributed by atoms with van der Waals surface area (Å²) in [5.41, 5.74) is 1.22. The van der Waals surface area contributed by atoms with E-state index in [1.54, 1.807) is 6.20 Å². The standard InChI is InChI=1S/C10H14N2O.CH4/c13-7-9-3-4-10(12-9)8-2-1-5-11-6-8;/h1-2,5-6,9-10,12-13H,3-4,7H2;1H4. The van der Waals surface area contributed by atoms with Crippen LogP contribution in [0.3, 0.4) is 0 Å². The number of hydrogen-bond acceptors (Lipinski definition) is 3. The van der Waals surface area contributed by atoms with Gasteiger partial charge < -0.3 is 10.4 Å². The molecular formula is C11H18N2O. The maximum atomic E-state index is 8.95. The average molecular weight is 194 g/mol. The Morgan fingerprint density at radius 3 is 2.93 bits per heavy atom. The molecule has 1 aromatic rings. The Kier molecular flexibility index (Phi) is 4.04. The molecule has 0 saturated carbocycles. The molecule has 1 fully saturated rings. The van der Waals surface area contributed by atoms with Crippen molar-refractivity contribution >= 4 is 0 Å². The van der Waals surface area contributed by atoms with Gasteiger partial charge in [-0.15, -0.1) is 0 Å². The zero-order valence-corrected chi connectivity index (χ0v) is 7.48. The summed E-state index contributed by atoms with van der Waals surface area (Å²) in [4.78, 5) is 4.08. The number of rotatable bonds is 2. The van der Waals surface area contributed by atoms with Crippen molar-refractivity contribution in [1.29, 1.82) is 0 Å². The van der Waals surface area contributed by atoms with E-state index in [-0.39, 0.29) is 20.1 Å². The molecule has 1 saturated heterocycles. The quantitative estimate of drug-likeness (QED) is 0.750. The fourth-order valence-corrected chi connectivity index (χ4v) is 1.81. The first-order valence-electron chi connectivity index (χ1n) is 4.67. The lowest BCUT2D eigenvalue weighted by Crippen LogP contribution is -2.27. The number of aromatic nitrogens is 1. The van der Waals surface area contributed by atoms with Gasteiger partial charge >= 0.3 is 0 Å². The molecule has 2 rings (SSSR count). The number of pyridine rings is 1. The molecular weight excluding hydrogens is 176 g/mol. The highest BCUT2D eigenvalue weighted by molar-refractivity contribution is 5.15. The molecule has 0 radical (unpaired) electrons. The fourth-order valence-electron chi connectivity index (χ4n) is 1.81. The Hall–Kier alpha value is -0.930. The van der Waals surface area contributed by atoms with Crippen molar-refractivity contribution in [3.8, 4) is 0 Å². The molecule has 1 aromatic heterocycles. The van der Waals surface area contributed by atoms with E-state index in [9.17, 15) is 0 Å². The summed E-state index contributed by atoms with van der Waals surface area (Å²) in [5, 5.41) is 12.3. The van der Waals surface area contributed by atoms with Crippen molar-refractivity contribution in [2.24, 2.45) is 0 Å². The highest BCUT2D eigenvalue weighted by atomic mass is 16.3. The molecule has 1 aliphatic heterocycles. The van der Waals surface area contributed by atoms with Crippen molar-refractivity contribution in [1.82, 2.24) is 10.3 Å². The molecule has 1 aliphatic rings. The number of nitrogens with one attached hydrogen (secondary N) is 1. The Morgan fingerprint density at radius 1 is 1.50 bits per heavy atom. The summed E-state index contributed by atoms with van der Waals surface area (Å²) in [7, 11) is 0. The van der Waals surface area contributed by atoms with Crippen LogP contribution in [0.4, 0.5) is 0 Å². The molecule has 0 aliphatic carbocycles. The van der Waals surface area contributed by atoms with E-state index in [0.29, 0.717) is 6.04 Å². The molecule has 2 N–H and O–H groups in total. The van der Waals surface area contributed by atoms with Crippen molar-refractivity contribution < 1.29 is 5.11 Å². The number of aliphatic hydroxyl groups is 1. The highest BCUT2D eigenvalue weighted by Gasteiger charge is 2.23. The predicted molar refractivity (Wildman–Crippen MR) is 57.0 cm³/mol. The minimum Gasteiger partial charge on any atom is -0.395 e. The van der Waals surface area contributed by atoms with Crippen LogP contribution in [0, 0.1) is 0 Å². The third-order valence-corrected chi connectivity index (χ3v) is 2.55. The third kappa shape index (κ3) is 2.30. The van der Waals surface area contributed by atoms with Gasteiger partial charge in [-0.05, 0) is 24.5 Å². The first-order valence-corrected chi connectivity index (χ1v) is 4.67. The van der Waals surface area contributed by atoms with Crippen molar-refractivity contribution in [3.05, 3.63) is 30.1 Å². The highest BCUT2D eigenvalue weighted by Crippen LogP contribution is 2.25. The number of hydrogen-bond donors (Lipinski definition) is 2. The van der Waals surface area contributed by atoms with Crippen LogP contribution < -0.4 is 5.32 Å². The van der Waals surface area contributed by atoms with Crippen LogP contribution in [-0.2, 0) is 0 Å². The van der Waals surface area contributed by atoms with Crippen LogP contribution in [0.1, 0.15) is 31.9 Å². The maximum Gasteiger partial charge on any atom is 0.0584 e. The molecule has 3 heteroatoms. The van der Waals surface area contributed by atoms with Crippen molar-refractivity contribution in [3.63, 3.8) is 0 Å². The van der Waals surface area contributed by atoms with Gasteiger partial charge in [0, 0.05) is 24.5 Å². The molecule has 0 amide bonds. The lowest BCUT2D eigenvalue weighted by Gasteiger charge is -2.11. The lowest BCUT2D eigenvalue weighted by atomic mass is 10.1. The van der Waals surface area contributed by atoms with Gasteiger partial charge in [0.1, 0.15) is 0 Å². The maximum absolute atomic E-state index is 8.95. The van der Waals surface area contributed by atoms with Crippen LogP contribution in [0.25, 0.3) is 0 Å². The van der Waals surface area contributed by atoms with Crippen LogP contribution in [0.5, 0.6) is 0 Å². The Bertz CT molecular complexity index is 263. The molecule has 14 heavy (non-hydrogen) atoms. The fraction of sp³-hybridized carbons (Fsp3) is 0.545. The molecule has 2 heterocycles. The van der Waals surface area contributed by atoms with E-state index < -0.39 is 0 Å². The molecule has 0 spiro atoms. The second-order valence-electron chi connectivity index (χ2n) is 3.46. The second-order valence-corrected chi connectivity index (χ2v) is 3.46. The summed E-state index contributed by atoms with van der Waals surface area (Å²) in [6.07, 6.45) is 5.81. The van der Waals surface area contributed by atoms with E-state index in [1.807, 2.05) is 12.3 Å². The smallest absolute Gasteiger partial charge is 0.0584 e.